The van der Waals surface area contributed by atoms with E-state index in [1.54, 1.807) is 14.2 Å². The van der Waals surface area contributed by atoms with Gasteiger partial charge in [0.1, 0.15) is 0 Å². The monoisotopic (exact) mass is 219 g/mol. The molecule has 1 aromatic carbocycles. The number of hydrogen-bond acceptors (Lipinski definition) is 3. The third-order valence-electron chi connectivity index (χ3n) is 2.54. The Balaban J connectivity index is 3.02. The van der Waals surface area contributed by atoms with E-state index in [0.717, 1.165) is 18.4 Å². The third kappa shape index (κ3) is 2.66. The molecule has 0 bridgehead atoms. The quantitative estimate of drug-likeness (QED) is 0.764. The molecule has 0 unspecified atom stereocenters. The summed E-state index contributed by atoms with van der Waals surface area (Å²) in [5, 5.41) is 9.08. The van der Waals surface area contributed by atoms with Gasteiger partial charge in [0.25, 0.3) is 0 Å². The molecular weight excluding hydrogens is 202 g/mol. The minimum Gasteiger partial charge on any atom is -0.493 e. The first-order valence-electron chi connectivity index (χ1n) is 5.38. The Labute approximate surface area is 96.6 Å². The van der Waals surface area contributed by atoms with E-state index in [1.807, 2.05) is 18.2 Å². The Kier molecular flexibility index (Phi) is 4.65. The number of rotatable bonds is 5. The largest absolute Gasteiger partial charge is 0.493 e. The van der Waals surface area contributed by atoms with Crippen LogP contribution in [-0.2, 0) is 0 Å². The Morgan fingerprint density at radius 2 is 1.94 bits per heavy atom. The lowest BCUT2D eigenvalue weighted by molar-refractivity contribution is 0.354. The van der Waals surface area contributed by atoms with Crippen molar-refractivity contribution in [2.45, 2.75) is 25.7 Å². The Morgan fingerprint density at radius 1 is 1.25 bits per heavy atom. The van der Waals surface area contributed by atoms with Crippen molar-refractivity contribution < 1.29 is 9.47 Å². The Bertz CT molecular complexity index is 382. The second-order valence-electron chi connectivity index (χ2n) is 3.58. The third-order valence-corrected chi connectivity index (χ3v) is 2.54. The maximum absolute atomic E-state index is 9.08. The molecule has 86 valence electrons. The number of benzene rings is 1. The first-order chi connectivity index (χ1) is 7.76. The second kappa shape index (κ2) is 6.02. The van der Waals surface area contributed by atoms with Gasteiger partial charge in [0.05, 0.1) is 26.2 Å². The summed E-state index contributed by atoms with van der Waals surface area (Å²) < 4.78 is 10.4. The molecule has 0 saturated carbocycles. The summed E-state index contributed by atoms with van der Waals surface area (Å²) in [5.41, 5.74) is 0.988. The molecule has 16 heavy (non-hydrogen) atoms. The second-order valence-corrected chi connectivity index (χ2v) is 3.58. The van der Waals surface area contributed by atoms with Crippen LogP contribution in [0.25, 0.3) is 0 Å². The number of nitrogens with zero attached hydrogens (tertiary/aromatic N) is 1. The van der Waals surface area contributed by atoms with E-state index in [0.29, 0.717) is 11.5 Å². The topological polar surface area (TPSA) is 42.2 Å². The van der Waals surface area contributed by atoms with E-state index in [2.05, 4.69) is 13.0 Å². The summed E-state index contributed by atoms with van der Waals surface area (Å²) in [5.74, 6) is 1.31. The van der Waals surface area contributed by atoms with Gasteiger partial charge < -0.3 is 9.47 Å². The highest BCUT2D eigenvalue weighted by Gasteiger charge is 2.12. The number of methoxy groups -OCH3 is 2. The van der Waals surface area contributed by atoms with Gasteiger partial charge in [-0.15, -0.1) is 0 Å². The van der Waals surface area contributed by atoms with Crippen molar-refractivity contribution in [2.75, 3.05) is 14.2 Å². The minimum atomic E-state index is -0.0650. The Hall–Kier alpha value is -1.69. The zero-order chi connectivity index (χ0) is 12.0. The molecule has 0 aliphatic rings. The minimum absolute atomic E-state index is 0.0650. The summed E-state index contributed by atoms with van der Waals surface area (Å²) >= 11 is 0. The van der Waals surface area contributed by atoms with Crippen LogP contribution in [-0.4, -0.2) is 14.2 Å². The zero-order valence-electron chi connectivity index (χ0n) is 9.99. The number of nitriles is 1. The van der Waals surface area contributed by atoms with Gasteiger partial charge in [0.15, 0.2) is 11.5 Å². The molecule has 0 aromatic heterocycles. The molecule has 0 radical (unpaired) electrons. The van der Waals surface area contributed by atoms with Crippen molar-refractivity contribution in [1.82, 2.24) is 0 Å². The summed E-state index contributed by atoms with van der Waals surface area (Å²) in [6.07, 6.45) is 1.86. The number of ether oxygens (including phenoxy) is 2. The van der Waals surface area contributed by atoms with E-state index >= 15 is 0 Å². The maximum atomic E-state index is 9.08. The molecular formula is C13H17NO2. The highest BCUT2D eigenvalue weighted by atomic mass is 16.5. The van der Waals surface area contributed by atoms with Crippen molar-refractivity contribution in [1.29, 1.82) is 5.26 Å². The van der Waals surface area contributed by atoms with Crippen LogP contribution in [0.2, 0.25) is 0 Å². The van der Waals surface area contributed by atoms with Gasteiger partial charge in [-0.3, -0.25) is 0 Å². The molecule has 1 aromatic rings. The predicted octanol–water partition coefficient (Wildman–Crippen LogP) is 3.11. The van der Waals surface area contributed by atoms with Gasteiger partial charge in [-0.2, -0.15) is 5.26 Å². The highest BCUT2D eigenvalue weighted by Crippen LogP contribution is 2.31. The van der Waals surface area contributed by atoms with Crippen LogP contribution in [0, 0.1) is 11.3 Å². The lowest BCUT2D eigenvalue weighted by Crippen LogP contribution is -1.97. The first-order valence-corrected chi connectivity index (χ1v) is 5.38. The van der Waals surface area contributed by atoms with Crippen LogP contribution < -0.4 is 9.47 Å². The van der Waals surface area contributed by atoms with E-state index < -0.39 is 0 Å². The molecule has 0 heterocycles. The standard InChI is InChI=1S/C13H17NO2/c1-4-5-11(9-14)10-6-7-12(15-2)13(8-10)16-3/h6-8,11H,4-5H2,1-3H3/t11-/m0/s1. The lowest BCUT2D eigenvalue weighted by Gasteiger charge is -2.12. The molecule has 0 spiro atoms. The van der Waals surface area contributed by atoms with Crippen LogP contribution in [0.3, 0.4) is 0 Å². The first kappa shape index (κ1) is 12.4. The van der Waals surface area contributed by atoms with Crippen LogP contribution in [0.1, 0.15) is 31.2 Å². The molecule has 0 aliphatic heterocycles. The van der Waals surface area contributed by atoms with Crippen LogP contribution >= 0.6 is 0 Å². The van der Waals surface area contributed by atoms with Crippen molar-refractivity contribution >= 4 is 0 Å². The van der Waals surface area contributed by atoms with Crippen LogP contribution in [0.15, 0.2) is 18.2 Å². The lowest BCUT2D eigenvalue weighted by atomic mass is 9.96. The van der Waals surface area contributed by atoms with Gasteiger partial charge in [0, 0.05) is 0 Å². The molecule has 1 atom stereocenters. The normalized spacial score (nSPS) is 11.6. The van der Waals surface area contributed by atoms with Gasteiger partial charge in [-0.1, -0.05) is 19.4 Å². The summed E-state index contributed by atoms with van der Waals surface area (Å²) in [6, 6.07) is 7.95. The zero-order valence-corrected chi connectivity index (χ0v) is 9.99. The average molecular weight is 219 g/mol. The van der Waals surface area contributed by atoms with Gasteiger partial charge in [0.2, 0.25) is 0 Å². The van der Waals surface area contributed by atoms with Crippen molar-refractivity contribution in [3.8, 4) is 17.6 Å². The molecule has 0 N–H and O–H groups in total. The average Bonchev–Trinajstić information content (AvgIpc) is 2.35. The fourth-order valence-electron chi connectivity index (χ4n) is 1.66. The van der Waals surface area contributed by atoms with Gasteiger partial charge in [-0.25, -0.2) is 0 Å². The predicted molar refractivity (Wildman–Crippen MR) is 62.8 cm³/mol. The number of hydrogen-bond donors (Lipinski definition) is 0. The SMILES string of the molecule is CCC[C@@H](C#N)c1ccc(OC)c(OC)c1. The highest BCUT2D eigenvalue weighted by molar-refractivity contribution is 5.44. The molecule has 0 amide bonds. The van der Waals surface area contributed by atoms with Crippen LogP contribution in [0.4, 0.5) is 0 Å². The van der Waals surface area contributed by atoms with Gasteiger partial charge in [-0.05, 0) is 24.1 Å². The molecule has 3 heteroatoms. The molecule has 0 fully saturated rings. The smallest absolute Gasteiger partial charge is 0.161 e. The van der Waals surface area contributed by atoms with Crippen molar-refractivity contribution in [2.24, 2.45) is 0 Å². The summed E-state index contributed by atoms with van der Waals surface area (Å²) in [7, 11) is 3.20. The van der Waals surface area contributed by atoms with E-state index in [4.69, 9.17) is 14.7 Å². The molecule has 3 nitrogen and oxygen atoms in total. The summed E-state index contributed by atoms with van der Waals surface area (Å²) in [4.78, 5) is 0. The Morgan fingerprint density at radius 3 is 2.44 bits per heavy atom. The summed E-state index contributed by atoms with van der Waals surface area (Å²) in [6.45, 7) is 2.07. The van der Waals surface area contributed by atoms with Crippen molar-refractivity contribution in [3.05, 3.63) is 23.8 Å². The molecule has 0 saturated heterocycles. The van der Waals surface area contributed by atoms with Crippen molar-refractivity contribution in [3.63, 3.8) is 0 Å². The van der Waals surface area contributed by atoms with Gasteiger partial charge >= 0.3 is 0 Å². The van der Waals surface area contributed by atoms with E-state index in [1.165, 1.54) is 0 Å². The fraction of sp³-hybridized carbons (Fsp3) is 0.462. The maximum Gasteiger partial charge on any atom is 0.161 e. The molecule has 1 rings (SSSR count). The fourth-order valence-corrected chi connectivity index (χ4v) is 1.66. The van der Waals surface area contributed by atoms with Crippen LogP contribution in [0.5, 0.6) is 11.5 Å². The molecule has 0 aliphatic carbocycles. The van der Waals surface area contributed by atoms with E-state index in [9.17, 15) is 0 Å². The van der Waals surface area contributed by atoms with E-state index in [-0.39, 0.29) is 5.92 Å².